The predicted molar refractivity (Wildman–Crippen MR) is 86.4 cm³/mol. The summed E-state index contributed by atoms with van der Waals surface area (Å²) in [5, 5.41) is 3.86. The van der Waals surface area contributed by atoms with Crippen molar-refractivity contribution >= 4 is 28.3 Å². The van der Waals surface area contributed by atoms with Gasteiger partial charge in [-0.2, -0.15) is 0 Å². The first kappa shape index (κ1) is 13.5. The summed E-state index contributed by atoms with van der Waals surface area (Å²) < 4.78 is 5.35. The number of benzene rings is 1. The zero-order valence-corrected chi connectivity index (χ0v) is 12.6. The summed E-state index contributed by atoms with van der Waals surface area (Å²) in [6, 6.07) is 9.66. The maximum absolute atomic E-state index is 6.08. The van der Waals surface area contributed by atoms with Gasteiger partial charge in [-0.1, -0.05) is 11.6 Å². The monoisotopic (exact) mass is 314 g/mol. The van der Waals surface area contributed by atoms with Crippen molar-refractivity contribution in [2.45, 2.75) is 6.42 Å². The Labute approximate surface area is 132 Å². The van der Waals surface area contributed by atoms with Crippen molar-refractivity contribution in [1.82, 2.24) is 10.0 Å². The third-order valence-corrected chi connectivity index (χ3v) is 4.07. The first-order valence-corrected chi connectivity index (χ1v) is 7.60. The van der Waals surface area contributed by atoms with Crippen LogP contribution < -0.4 is 0 Å². The molecule has 0 aliphatic carbocycles. The number of halogens is 1. The SMILES string of the molecule is Clc1ccc2[nH]cc(CCN3CC=C(c4ccco4)O3)c2c1. The zero-order valence-electron chi connectivity index (χ0n) is 11.9. The van der Waals surface area contributed by atoms with E-state index in [2.05, 4.69) is 4.98 Å². The second-order valence-electron chi connectivity index (χ2n) is 5.28. The van der Waals surface area contributed by atoms with E-state index in [0.29, 0.717) is 0 Å². The van der Waals surface area contributed by atoms with Gasteiger partial charge in [-0.15, -0.1) is 5.06 Å². The van der Waals surface area contributed by atoms with Gasteiger partial charge in [0.1, 0.15) is 0 Å². The van der Waals surface area contributed by atoms with Gasteiger partial charge in [0, 0.05) is 28.7 Å². The van der Waals surface area contributed by atoms with Gasteiger partial charge in [-0.3, -0.25) is 0 Å². The van der Waals surface area contributed by atoms with Crippen LogP contribution in [-0.4, -0.2) is 23.1 Å². The molecule has 0 atom stereocenters. The molecule has 4 rings (SSSR count). The fraction of sp³-hybridized carbons (Fsp3) is 0.176. The van der Waals surface area contributed by atoms with Crippen LogP contribution in [0.15, 0.2) is 53.3 Å². The molecule has 1 aliphatic heterocycles. The highest BCUT2D eigenvalue weighted by molar-refractivity contribution is 6.31. The van der Waals surface area contributed by atoms with Crippen LogP contribution in [0.25, 0.3) is 16.7 Å². The van der Waals surface area contributed by atoms with E-state index in [4.69, 9.17) is 20.9 Å². The number of furan rings is 1. The fourth-order valence-corrected chi connectivity index (χ4v) is 2.87. The van der Waals surface area contributed by atoms with Gasteiger partial charge in [0.05, 0.1) is 12.8 Å². The van der Waals surface area contributed by atoms with Crippen LogP contribution >= 0.6 is 11.6 Å². The second kappa shape index (κ2) is 5.55. The zero-order chi connectivity index (χ0) is 14.9. The average molecular weight is 315 g/mol. The summed E-state index contributed by atoms with van der Waals surface area (Å²) in [5.74, 6) is 1.55. The molecule has 0 radical (unpaired) electrons. The van der Waals surface area contributed by atoms with Gasteiger partial charge >= 0.3 is 0 Å². The molecule has 0 saturated carbocycles. The van der Waals surface area contributed by atoms with Crippen LogP contribution in [0.3, 0.4) is 0 Å². The molecule has 0 fully saturated rings. The summed E-state index contributed by atoms with van der Waals surface area (Å²) in [4.78, 5) is 9.08. The Balaban J connectivity index is 1.42. The Bertz CT molecular complexity index is 820. The Kier molecular flexibility index (Phi) is 3.41. The van der Waals surface area contributed by atoms with Crippen LogP contribution in [0.2, 0.25) is 5.02 Å². The molecule has 4 nitrogen and oxygen atoms in total. The first-order chi connectivity index (χ1) is 10.8. The van der Waals surface area contributed by atoms with Crippen molar-refractivity contribution in [1.29, 1.82) is 0 Å². The van der Waals surface area contributed by atoms with Gasteiger partial charge in [0.15, 0.2) is 11.5 Å². The highest BCUT2D eigenvalue weighted by atomic mass is 35.5. The number of H-pyrrole nitrogens is 1. The van der Waals surface area contributed by atoms with E-state index in [-0.39, 0.29) is 0 Å². The number of aromatic nitrogens is 1. The molecule has 5 heteroatoms. The topological polar surface area (TPSA) is 41.4 Å². The Hall–Kier alpha value is -2.17. The van der Waals surface area contributed by atoms with Crippen molar-refractivity contribution in [3.8, 4) is 0 Å². The van der Waals surface area contributed by atoms with Crippen LogP contribution in [0, 0.1) is 0 Å². The highest BCUT2D eigenvalue weighted by Gasteiger charge is 2.19. The number of hydrogen-bond donors (Lipinski definition) is 1. The predicted octanol–water partition coefficient (Wildman–Crippen LogP) is 4.25. The smallest absolute Gasteiger partial charge is 0.187 e. The molecule has 0 bridgehead atoms. The maximum atomic E-state index is 6.08. The molecule has 0 spiro atoms. The Morgan fingerprint density at radius 1 is 1.27 bits per heavy atom. The summed E-state index contributed by atoms with van der Waals surface area (Å²) in [7, 11) is 0. The van der Waals surface area contributed by atoms with Gasteiger partial charge < -0.3 is 14.2 Å². The molecule has 3 heterocycles. The Morgan fingerprint density at radius 3 is 3.09 bits per heavy atom. The lowest BCUT2D eigenvalue weighted by atomic mass is 10.1. The van der Waals surface area contributed by atoms with Gasteiger partial charge in [0.25, 0.3) is 0 Å². The quantitative estimate of drug-likeness (QED) is 0.783. The number of aromatic amines is 1. The summed E-state index contributed by atoms with van der Waals surface area (Å²) >= 11 is 6.08. The van der Waals surface area contributed by atoms with Crippen molar-refractivity contribution in [3.63, 3.8) is 0 Å². The maximum Gasteiger partial charge on any atom is 0.187 e. The summed E-state index contributed by atoms with van der Waals surface area (Å²) in [6.07, 6.45) is 6.61. The molecule has 0 amide bonds. The van der Waals surface area contributed by atoms with E-state index in [1.54, 1.807) is 6.26 Å². The molecule has 1 aliphatic rings. The van der Waals surface area contributed by atoms with E-state index in [1.807, 2.05) is 47.7 Å². The van der Waals surface area contributed by atoms with Crippen LogP contribution in [0.1, 0.15) is 11.3 Å². The number of rotatable bonds is 4. The lowest BCUT2D eigenvalue weighted by Crippen LogP contribution is -2.21. The standard InChI is InChI=1S/C17H15ClN2O2/c18-13-3-4-15-14(10-13)12(11-19-15)5-7-20-8-6-17(22-20)16-2-1-9-21-16/h1-4,6,9-11,19H,5,7-8H2. The van der Waals surface area contributed by atoms with Crippen LogP contribution in [-0.2, 0) is 11.3 Å². The molecular formula is C17H15ClN2O2. The summed E-state index contributed by atoms with van der Waals surface area (Å²) in [6.45, 7) is 1.57. The first-order valence-electron chi connectivity index (χ1n) is 7.22. The average Bonchev–Trinajstić information content (AvgIpc) is 3.25. The Morgan fingerprint density at radius 2 is 2.23 bits per heavy atom. The van der Waals surface area contributed by atoms with Gasteiger partial charge in [0.2, 0.25) is 0 Å². The molecule has 0 saturated heterocycles. The van der Waals surface area contributed by atoms with E-state index in [1.165, 1.54) is 10.9 Å². The molecule has 22 heavy (non-hydrogen) atoms. The third kappa shape index (κ3) is 2.51. The largest absolute Gasteiger partial charge is 0.461 e. The number of hydrogen-bond acceptors (Lipinski definition) is 3. The van der Waals surface area contributed by atoms with Crippen molar-refractivity contribution in [2.24, 2.45) is 0 Å². The van der Waals surface area contributed by atoms with E-state index >= 15 is 0 Å². The normalized spacial score (nSPS) is 15.2. The molecule has 0 unspecified atom stereocenters. The van der Waals surface area contributed by atoms with E-state index in [0.717, 1.165) is 41.6 Å². The van der Waals surface area contributed by atoms with E-state index in [9.17, 15) is 0 Å². The van der Waals surface area contributed by atoms with E-state index < -0.39 is 0 Å². The van der Waals surface area contributed by atoms with Crippen molar-refractivity contribution < 1.29 is 9.25 Å². The highest BCUT2D eigenvalue weighted by Crippen LogP contribution is 2.25. The number of hydroxylamine groups is 2. The number of nitrogens with zero attached hydrogens (tertiary/aromatic N) is 1. The minimum Gasteiger partial charge on any atom is -0.461 e. The van der Waals surface area contributed by atoms with Gasteiger partial charge in [-0.25, -0.2) is 0 Å². The minimum atomic E-state index is 0.757. The molecule has 3 aromatic rings. The lowest BCUT2D eigenvalue weighted by molar-refractivity contribution is -0.0612. The number of fused-ring (bicyclic) bond motifs is 1. The molecule has 1 N–H and O–H groups in total. The second-order valence-corrected chi connectivity index (χ2v) is 5.72. The van der Waals surface area contributed by atoms with Crippen molar-refractivity contribution in [3.05, 3.63) is 65.2 Å². The third-order valence-electron chi connectivity index (χ3n) is 3.83. The number of nitrogens with one attached hydrogen (secondary N) is 1. The molecule has 2 aromatic heterocycles. The lowest BCUT2D eigenvalue weighted by Gasteiger charge is -2.15. The van der Waals surface area contributed by atoms with Crippen LogP contribution in [0.4, 0.5) is 0 Å². The summed E-state index contributed by atoms with van der Waals surface area (Å²) in [5.41, 5.74) is 2.35. The minimum absolute atomic E-state index is 0.757. The fourth-order valence-electron chi connectivity index (χ4n) is 2.70. The van der Waals surface area contributed by atoms with Gasteiger partial charge in [-0.05, 0) is 48.4 Å². The molecule has 1 aromatic carbocycles. The molecular weight excluding hydrogens is 300 g/mol. The van der Waals surface area contributed by atoms with Crippen LogP contribution in [0.5, 0.6) is 0 Å². The molecule has 112 valence electrons. The van der Waals surface area contributed by atoms with Crippen molar-refractivity contribution in [2.75, 3.05) is 13.1 Å².